The highest BCUT2D eigenvalue weighted by Gasteiger charge is 2.16. The van der Waals surface area contributed by atoms with Gasteiger partial charge in [-0.2, -0.15) is 10.4 Å². The third-order valence-electron chi connectivity index (χ3n) is 2.44. The highest BCUT2D eigenvalue weighted by molar-refractivity contribution is 6.42. The van der Waals surface area contributed by atoms with Crippen molar-refractivity contribution in [2.45, 2.75) is 6.04 Å². The fourth-order valence-corrected chi connectivity index (χ4v) is 1.78. The van der Waals surface area contributed by atoms with Crippen LogP contribution in [0.4, 0.5) is 0 Å². The Morgan fingerprint density at radius 3 is 2.79 bits per heavy atom. The Bertz CT molecular complexity index is 634. The van der Waals surface area contributed by atoms with E-state index in [-0.39, 0.29) is 0 Å². The van der Waals surface area contributed by atoms with Crippen LogP contribution in [-0.4, -0.2) is 16.1 Å². The van der Waals surface area contributed by atoms with Crippen molar-refractivity contribution in [1.82, 2.24) is 15.5 Å². The second kappa shape index (κ2) is 5.74. The minimum absolute atomic E-state index is 0.331. The molecule has 0 fully saturated rings. The lowest BCUT2D eigenvalue weighted by Crippen LogP contribution is -2.27. The molecule has 0 radical (unpaired) electrons. The number of nitriles is 1. The van der Waals surface area contributed by atoms with Crippen molar-refractivity contribution in [3.8, 4) is 6.07 Å². The third kappa shape index (κ3) is 3.05. The van der Waals surface area contributed by atoms with Crippen LogP contribution in [0.5, 0.6) is 0 Å². The predicted molar refractivity (Wildman–Crippen MR) is 70.9 cm³/mol. The van der Waals surface area contributed by atoms with Gasteiger partial charge in [-0.1, -0.05) is 29.3 Å². The third-order valence-corrected chi connectivity index (χ3v) is 3.18. The minimum atomic E-state index is -0.808. The summed E-state index contributed by atoms with van der Waals surface area (Å²) >= 11 is 11.7. The number of nitrogens with one attached hydrogen (secondary N) is 2. The van der Waals surface area contributed by atoms with Crippen molar-refractivity contribution in [3.63, 3.8) is 0 Å². The van der Waals surface area contributed by atoms with Crippen LogP contribution in [0.3, 0.4) is 0 Å². The lowest BCUT2D eigenvalue weighted by molar-refractivity contribution is 0.0945. The topological polar surface area (TPSA) is 81.6 Å². The van der Waals surface area contributed by atoms with E-state index in [0.717, 1.165) is 0 Å². The monoisotopic (exact) mass is 294 g/mol. The van der Waals surface area contributed by atoms with Crippen LogP contribution in [-0.2, 0) is 0 Å². The Hall–Kier alpha value is -2.03. The van der Waals surface area contributed by atoms with Crippen LogP contribution in [0.1, 0.15) is 22.0 Å². The summed E-state index contributed by atoms with van der Waals surface area (Å²) in [6, 6.07) is 5.95. The molecule has 1 heterocycles. The van der Waals surface area contributed by atoms with Crippen LogP contribution in [0.15, 0.2) is 30.6 Å². The molecule has 0 saturated carbocycles. The summed E-state index contributed by atoms with van der Waals surface area (Å²) in [7, 11) is 0. The molecule has 0 saturated heterocycles. The van der Waals surface area contributed by atoms with Crippen molar-refractivity contribution in [2.75, 3.05) is 0 Å². The van der Waals surface area contributed by atoms with E-state index in [1.54, 1.807) is 18.2 Å². The van der Waals surface area contributed by atoms with Gasteiger partial charge in [-0.15, -0.1) is 0 Å². The molecule has 0 aliphatic rings. The molecule has 1 aromatic carbocycles. The van der Waals surface area contributed by atoms with Crippen LogP contribution in [0, 0.1) is 11.3 Å². The van der Waals surface area contributed by atoms with E-state index in [0.29, 0.717) is 21.2 Å². The fourth-order valence-electron chi connectivity index (χ4n) is 1.47. The number of nitrogens with zero attached hydrogens (tertiary/aromatic N) is 2. The van der Waals surface area contributed by atoms with E-state index in [1.807, 2.05) is 6.07 Å². The first kappa shape index (κ1) is 13.4. The SMILES string of the molecule is N#C[C@@H](NC(=O)c1cn[nH]c1)c1ccc(Cl)c(Cl)c1. The standard InChI is InChI=1S/C12H8Cl2N4O/c13-9-2-1-7(3-10(9)14)11(4-15)18-12(19)8-5-16-17-6-8/h1-3,5-6,11H,(H,16,17)(H,18,19)/t11-/m1/s1. The fraction of sp³-hybridized carbons (Fsp3) is 0.0833. The number of hydrogen-bond donors (Lipinski definition) is 2. The molecule has 96 valence electrons. The second-order valence-electron chi connectivity index (χ2n) is 3.70. The van der Waals surface area contributed by atoms with E-state index < -0.39 is 11.9 Å². The summed E-state index contributed by atoms with van der Waals surface area (Å²) in [6.07, 6.45) is 2.82. The molecule has 1 atom stereocenters. The maximum absolute atomic E-state index is 11.8. The Balaban J connectivity index is 2.19. The highest BCUT2D eigenvalue weighted by atomic mass is 35.5. The molecule has 2 rings (SSSR count). The number of aromatic amines is 1. The van der Waals surface area contributed by atoms with Gasteiger partial charge in [-0.3, -0.25) is 9.89 Å². The summed E-state index contributed by atoms with van der Waals surface area (Å²) in [6.45, 7) is 0. The molecule has 0 spiro atoms. The molecule has 2 aromatic rings. The predicted octanol–water partition coefficient (Wildman–Crippen LogP) is 2.71. The molecular weight excluding hydrogens is 287 g/mol. The summed E-state index contributed by atoms with van der Waals surface area (Å²) < 4.78 is 0. The van der Waals surface area contributed by atoms with Gasteiger partial charge in [0.25, 0.3) is 5.91 Å². The van der Waals surface area contributed by atoms with Gasteiger partial charge in [-0.05, 0) is 17.7 Å². The van der Waals surface area contributed by atoms with Crippen LogP contribution in [0.25, 0.3) is 0 Å². The summed E-state index contributed by atoms with van der Waals surface area (Å²) in [4.78, 5) is 11.8. The van der Waals surface area contributed by atoms with Crippen molar-refractivity contribution in [1.29, 1.82) is 5.26 Å². The molecule has 0 aliphatic heterocycles. The smallest absolute Gasteiger partial charge is 0.255 e. The quantitative estimate of drug-likeness (QED) is 0.913. The zero-order chi connectivity index (χ0) is 13.8. The first-order chi connectivity index (χ1) is 9.11. The molecule has 7 heteroatoms. The lowest BCUT2D eigenvalue weighted by Gasteiger charge is -2.11. The van der Waals surface area contributed by atoms with E-state index >= 15 is 0 Å². The van der Waals surface area contributed by atoms with E-state index in [9.17, 15) is 4.79 Å². The number of amides is 1. The minimum Gasteiger partial charge on any atom is -0.332 e. The Morgan fingerprint density at radius 2 is 2.21 bits per heavy atom. The molecule has 5 nitrogen and oxygen atoms in total. The van der Waals surface area contributed by atoms with E-state index in [2.05, 4.69) is 15.5 Å². The van der Waals surface area contributed by atoms with Gasteiger partial charge in [0, 0.05) is 6.20 Å². The van der Waals surface area contributed by atoms with Crippen molar-refractivity contribution in [3.05, 3.63) is 51.8 Å². The Kier molecular flexibility index (Phi) is 4.05. The highest BCUT2D eigenvalue weighted by Crippen LogP contribution is 2.25. The number of carbonyl (C=O) groups is 1. The summed E-state index contributed by atoms with van der Waals surface area (Å²) in [5, 5.41) is 18.6. The zero-order valence-corrected chi connectivity index (χ0v) is 11.0. The molecule has 2 N–H and O–H groups in total. The van der Waals surface area contributed by atoms with Gasteiger partial charge in [0.15, 0.2) is 0 Å². The number of rotatable bonds is 3. The normalized spacial score (nSPS) is 11.6. The molecule has 19 heavy (non-hydrogen) atoms. The van der Waals surface area contributed by atoms with Crippen LogP contribution < -0.4 is 5.32 Å². The zero-order valence-electron chi connectivity index (χ0n) is 9.52. The maximum Gasteiger partial charge on any atom is 0.255 e. The molecule has 0 aliphatic carbocycles. The first-order valence-corrected chi connectivity index (χ1v) is 6.01. The largest absolute Gasteiger partial charge is 0.332 e. The number of benzene rings is 1. The van der Waals surface area contributed by atoms with E-state index in [4.69, 9.17) is 28.5 Å². The van der Waals surface area contributed by atoms with Crippen molar-refractivity contribution < 1.29 is 4.79 Å². The van der Waals surface area contributed by atoms with Crippen molar-refractivity contribution in [2.24, 2.45) is 0 Å². The lowest BCUT2D eigenvalue weighted by atomic mass is 10.1. The van der Waals surface area contributed by atoms with Crippen LogP contribution in [0.2, 0.25) is 10.0 Å². The molecule has 0 unspecified atom stereocenters. The Labute approximate surface area is 119 Å². The Morgan fingerprint density at radius 1 is 1.42 bits per heavy atom. The number of carbonyl (C=O) groups excluding carboxylic acids is 1. The average molecular weight is 295 g/mol. The first-order valence-electron chi connectivity index (χ1n) is 5.26. The van der Waals surface area contributed by atoms with Gasteiger partial charge in [0.1, 0.15) is 6.04 Å². The number of hydrogen-bond acceptors (Lipinski definition) is 3. The number of aromatic nitrogens is 2. The van der Waals surface area contributed by atoms with E-state index in [1.165, 1.54) is 12.4 Å². The van der Waals surface area contributed by atoms with Gasteiger partial charge >= 0.3 is 0 Å². The average Bonchev–Trinajstić information content (AvgIpc) is 2.93. The van der Waals surface area contributed by atoms with Gasteiger partial charge in [-0.25, -0.2) is 0 Å². The van der Waals surface area contributed by atoms with Crippen LogP contribution >= 0.6 is 23.2 Å². The number of halogens is 2. The maximum atomic E-state index is 11.8. The summed E-state index contributed by atoms with van der Waals surface area (Å²) in [5.41, 5.74) is 0.911. The molecule has 1 aromatic heterocycles. The molecular formula is C12H8Cl2N4O. The molecule has 0 bridgehead atoms. The van der Waals surface area contributed by atoms with Gasteiger partial charge in [0.2, 0.25) is 0 Å². The molecule has 1 amide bonds. The second-order valence-corrected chi connectivity index (χ2v) is 4.51. The van der Waals surface area contributed by atoms with Gasteiger partial charge < -0.3 is 5.32 Å². The van der Waals surface area contributed by atoms with Crippen molar-refractivity contribution >= 4 is 29.1 Å². The van der Waals surface area contributed by atoms with Gasteiger partial charge in [0.05, 0.1) is 27.9 Å². The summed E-state index contributed by atoms with van der Waals surface area (Å²) in [5.74, 6) is -0.397. The number of H-pyrrole nitrogens is 1.